The Labute approximate surface area is 183 Å². The van der Waals surface area contributed by atoms with E-state index in [1.54, 1.807) is 0 Å². The third-order valence-electron chi connectivity index (χ3n) is 5.60. The first-order valence-corrected chi connectivity index (χ1v) is 11.3. The summed E-state index contributed by atoms with van der Waals surface area (Å²) in [6.07, 6.45) is 7.91. The molecule has 0 aromatic carbocycles. The second-order valence-corrected chi connectivity index (χ2v) is 7.93. The number of rotatable bonds is 8. The van der Waals surface area contributed by atoms with Crippen molar-refractivity contribution in [2.75, 3.05) is 26.2 Å². The molecule has 1 saturated heterocycles. The highest BCUT2D eigenvalue weighted by atomic mass is 15.2. The molecule has 0 saturated carbocycles. The van der Waals surface area contributed by atoms with Crippen LogP contribution < -0.4 is 10.6 Å². The molecule has 3 aromatic rings. The van der Waals surface area contributed by atoms with Crippen LogP contribution in [-0.2, 0) is 13.0 Å². The van der Waals surface area contributed by atoms with E-state index >= 15 is 0 Å². The van der Waals surface area contributed by atoms with Gasteiger partial charge in [0.25, 0.3) is 0 Å². The first-order chi connectivity index (χ1) is 15.3. The number of likely N-dealkylation sites (tertiary alicyclic amines) is 1. The van der Waals surface area contributed by atoms with Crippen molar-refractivity contribution >= 4 is 11.6 Å². The summed E-state index contributed by atoms with van der Waals surface area (Å²) in [5.41, 5.74) is 2.04. The van der Waals surface area contributed by atoms with E-state index in [4.69, 9.17) is 4.99 Å². The first-order valence-electron chi connectivity index (χ1n) is 11.3. The van der Waals surface area contributed by atoms with Gasteiger partial charge in [0.2, 0.25) is 0 Å². The molecule has 0 spiro atoms. The highest BCUT2D eigenvalue weighted by molar-refractivity contribution is 5.80. The fourth-order valence-corrected chi connectivity index (χ4v) is 3.96. The van der Waals surface area contributed by atoms with E-state index in [-0.39, 0.29) is 0 Å². The van der Waals surface area contributed by atoms with Crippen LogP contribution in [0.15, 0.2) is 53.8 Å². The number of nitrogens with zero attached hydrogens (tertiary/aromatic N) is 6. The van der Waals surface area contributed by atoms with Crippen molar-refractivity contribution in [2.24, 2.45) is 4.99 Å². The zero-order valence-electron chi connectivity index (χ0n) is 18.2. The summed E-state index contributed by atoms with van der Waals surface area (Å²) < 4.78 is 2.05. The number of guanidine groups is 1. The number of nitrogens with one attached hydrogen (secondary N) is 2. The van der Waals surface area contributed by atoms with Gasteiger partial charge in [0, 0.05) is 57.6 Å². The van der Waals surface area contributed by atoms with Gasteiger partial charge in [0.1, 0.15) is 5.82 Å². The van der Waals surface area contributed by atoms with Gasteiger partial charge in [-0.3, -0.25) is 19.3 Å². The lowest BCUT2D eigenvalue weighted by atomic mass is 10.0. The van der Waals surface area contributed by atoms with Crippen molar-refractivity contribution in [2.45, 2.75) is 45.2 Å². The lowest BCUT2D eigenvalue weighted by Gasteiger charge is -2.32. The highest BCUT2D eigenvalue weighted by Gasteiger charge is 2.20. The second kappa shape index (κ2) is 10.9. The molecule has 8 nitrogen and oxygen atoms in total. The first kappa shape index (κ1) is 21.2. The zero-order valence-corrected chi connectivity index (χ0v) is 18.2. The topological polar surface area (TPSA) is 82.7 Å². The molecule has 0 atom stereocenters. The molecular formula is C23H32N8. The van der Waals surface area contributed by atoms with Crippen LogP contribution >= 0.6 is 0 Å². The van der Waals surface area contributed by atoms with Crippen LogP contribution in [0.5, 0.6) is 0 Å². The molecule has 0 radical (unpaired) electrons. The molecule has 0 amide bonds. The smallest absolute Gasteiger partial charge is 0.191 e. The van der Waals surface area contributed by atoms with Crippen LogP contribution in [0, 0.1) is 0 Å². The normalized spacial score (nSPS) is 16.0. The van der Waals surface area contributed by atoms with Crippen LogP contribution in [-0.4, -0.2) is 62.7 Å². The number of piperidine rings is 1. The number of hydrogen-bond donors (Lipinski definition) is 2. The van der Waals surface area contributed by atoms with Crippen LogP contribution in [0.4, 0.5) is 0 Å². The van der Waals surface area contributed by atoms with Crippen molar-refractivity contribution in [3.63, 3.8) is 0 Å². The van der Waals surface area contributed by atoms with Crippen molar-refractivity contribution in [1.29, 1.82) is 0 Å². The van der Waals surface area contributed by atoms with Gasteiger partial charge in [0.15, 0.2) is 11.6 Å². The number of aliphatic imine (C=N–C) groups is 1. The summed E-state index contributed by atoms with van der Waals surface area (Å²) >= 11 is 0. The Morgan fingerprint density at radius 1 is 1.13 bits per heavy atom. The molecule has 0 aliphatic carbocycles. The van der Waals surface area contributed by atoms with Crippen molar-refractivity contribution < 1.29 is 0 Å². The van der Waals surface area contributed by atoms with E-state index in [2.05, 4.69) is 49.8 Å². The fraction of sp³-hybridized carbons (Fsp3) is 0.478. The molecule has 31 heavy (non-hydrogen) atoms. The van der Waals surface area contributed by atoms with Crippen LogP contribution in [0.3, 0.4) is 0 Å². The van der Waals surface area contributed by atoms with Gasteiger partial charge in [-0.25, -0.2) is 0 Å². The maximum absolute atomic E-state index is 4.79. The van der Waals surface area contributed by atoms with Gasteiger partial charge in [0.05, 0.1) is 5.69 Å². The van der Waals surface area contributed by atoms with Crippen molar-refractivity contribution in [3.8, 4) is 0 Å². The lowest BCUT2D eigenvalue weighted by Crippen LogP contribution is -2.48. The minimum atomic E-state index is 0.457. The van der Waals surface area contributed by atoms with Gasteiger partial charge in [-0.05, 0) is 50.5 Å². The average molecular weight is 421 g/mol. The molecule has 1 aliphatic heterocycles. The second-order valence-electron chi connectivity index (χ2n) is 7.93. The molecule has 3 aromatic heterocycles. The molecule has 0 unspecified atom stereocenters. The predicted molar refractivity (Wildman–Crippen MR) is 123 cm³/mol. The van der Waals surface area contributed by atoms with E-state index < -0.39 is 0 Å². The van der Waals surface area contributed by atoms with Crippen LogP contribution in [0.1, 0.15) is 37.7 Å². The average Bonchev–Trinajstić information content (AvgIpc) is 3.22. The van der Waals surface area contributed by atoms with Gasteiger partial charge >= 0.3 is 0 Å². The summed E-state index contributed by atoms with van der Waals surface area (Å²) in [5.74, 6) is 1.90. The van der Waals surface area contributed by atoms with E-state index in [9.17, 15) is 0 Å². The Hall–Kier alpha value is -3.00. The monoisotopic (exact) mass is 420 g/mol. The van der Waals surface area contributed by atoms with E-state index in [0.717, 1.165) is 81.5 Å². The Kier molecular flexibility index (Phi) is 7.44. The fourth-order valence-electron chi connectivity index (χ4n) is 3.96. The Morgan fingerprint density at radius 3 is 2.81 bits per heavy atom. The Balaban J connectivity index is 1.22. The molecule has 4 heterocycles. The van der Waals surface area contributed by atoms with E-state index in [1.165, 1.54) is 0 Å². The Morgan fingerprint density at radius 2 is 2.00 bits per heavy atom. The van der Waals surface area contributed by atoms with Gasteiger partial charge in [-0.2, -0.15) is 0 Å². The number of fused-ring (bicyclic) bond motifs is 1. The summed E-state index contributed by atoms with van der Waals surface area (Å²) in [6.45, 7) is 6.81. The summed E-state index contributed by atoms with van der Waals surface area (Å²) in [4.78, 5) is 11.7. The summed E-state index contributed by atoms with van der Waals surface area (Å²) in [6, 6.07) is 12.5. The van der Waals surface area contributed by atoms with Crippen LogP contribution in [0.2, 0.25) is 0 Å². The lowest BCUT2D eigenvalue weighted by molar-refractivity contribution is 0.196. The van der Waals surface area contributed by atoms with E-state index in [1.807, 2.05) is 41.1 Å². The number of aromatic nitrogens is 4. The molecule has 164 valence electrons. The summed E-state index contributed by atoms with van der Waals surface area (Å²) in [7, 11) is 0. The standard InChI is InChI=1S/C23H32N8/c1-2-24-23(26-14-7-10-22-29-28-21-9-4-6-15-31(21)22)27-19-11-16-30(17-12-19)18-20-8-3-5-13-25-20/h3-6,8-9,13,15,19H,2,7,10-12,14,16-18H2,1H3,(H2,24,26,27). The third-order valence-corrected chi connectivity index (χ3v) is 5.60. The quantitative estimate of drug-likeness (QED) is 0.331. The van der Waals surface area contributed by atoms with Crippen molar-refractivity contribution in [3.05, 3.63) is 60.3 Å². The van der Waals surface area contributed by atoms with Gasteiger partial charge in [-0.1, -0.05) is 12.1 Å². The molecule has 4 rings (SSSR count). The molecule has 8 heteroatoms. The molecule has 1 aliphatic rings. The molecule has 0 bridgehead atoms. The van der Waals surface area contributed by atoms with E-state index in [0.29, 0.717) is 6.04 Å². The van der Waals surface area contributed by atoms with Gasteiger partial charge in [-0.15, -0.1) is 10.2 Å². The maximum Gasteiger partial charge on any atom is 0.191 e. The van der Waals surface area contributed by atoms with Crippen molar-refractivity contribution in [1.82, 2.24) is 35.1 Å². The number of hydrogen-bond acceptors (Lipinski definition) is 5. The van der Waals surface area contributed by atoms with Crippen LogP contribution in [0.25, 0.3) is 5.65 Å². The molecule has 1 fully saturated rings. The zero-order chi connectivity index (χ0) is 21.3. The third kappa shape index (κ3) is 6.01. The summed E-state index contributed by atoms with van der Waals surface area (Å²) in [5, 5.41) is 15.5. The molecular weight excluding hydrogens is 388 g/mol. The number of aryl methyl sites for hydroxylation is 1. The minimum absolute atomic E-state index is 0.457. The number of pyridine rings is 2. The maximum atomic E-state index is 4.79. The Bertz CT molecular complexity index is 960. The highest BCUT2D eigenvalue weighted by Crippen LogP contribution is 2.13. The van der Waals surface area contributed by atoms with Gasteiger partial charge < -0.3 is 10.6 Å². The largest absolute Gasteiger partial charge is 0.357 e. The minimum Gasteiger partial charge on any atom is -0.357 e. The molecule has 2 N–H and O–H groups in total. The SMILES string of the molecule is CCNC(=NCCCc1nnc2ccccn12)NC1CCN(Cc2ccccn2)CC1. The predicted octanol–water partition coefficient (Wildman–Crippen LogP) is 2.28.